The monoisotopic (exact) mass is 216 g/mol. The molecule has 0 saturated heterocycles. The molecular formula is C9H16O4Si. The lowest BCUT2D eigenvalue weighted by Crippen LogP contribution is -2.32. The van der Waals surface area contributed by atoms with Crippen LogP contribution in [0, 0.1) is 0 Å². The zero-order valence-corrected chi connectivity index (χ0v) is 9.74. The summed E-state index contributed by atoms with van der Waals surface area (Å²) in [5.41, 5.74) is 0. The Bertz CT molecular complexity index is 245. The first-order valence-electron chi connectivity index (χ1n) is 4.51. The molecule has 0 aromatic heterocycles. The van der Waals surface area contributed by atoms with Gasteiger partial charge in [-0.1, -0.05) is 13.3 Å². The number of aliphatic carboxylic acids is 1. The number of carbonyl (C=O) groups excluding carboxylic acids is 1. The lowest BCUT2D eigenvalue weighted by atomic mass is 10.5. The van der Waals surface area contributed by atoms with Crippen LogP contribution in [0.1, 0.15) is 13.3 Å². The Hall–Kier alpha value is -1.10. The molecule has 1 N–H and O–H groups in total. The lowest BCUT2D eigenvalue weighted by molar-refractivity contribution is -0.133. The standard InChI is InChI=1S/C9H16O4Si/c1-4-7-14(2,3)13-9(12)6-5-8(10)11/h5-6H,4,7H2,1-3H3,(H,10,11)/b6-5+. The first kappa shape index (κ1) is 12.9. The summed E-state index contributed by atoms with van der Waals surface area (Å²) >= 11 is 0. The van der Waals surface area contributed by atoms with E-state index in [9.17, 15) is 9.59 Å². The molecule has 0 spiro atoms. The number of carboxylic acid groups (broad SMARTS) is 1. The van der Waals surface area contributed by atoms with Crippen molar-refractivity contribution in [2.24, 2.45) is 0 Å². The summed E-state index contributed by atoms with van der Waals surface area (Å²) in [5.74, 6) is -1.70. The fourth-order valence-electron chi connectivity index (χ4n) is 1.10. The maximum Gasteiger partial charge on any atom is 0.328 e. The fourth-order valence-corrected chi connectivity index (χ4v) is 3.02. The molecule has 0 heterocycles. The maximum absolute atomic E-state index is 11.1. The highest BCUT2D eigenvalue weighted by Gasteiger charge is 2.24. The highest BCUT2D eigenvalue weighted by atomic mass is 28.4. The van der Waals surface area contributed by atoms with E-state index in [1.165, 1.54) is 0 Å². The maximum atomic E-state index is 11.1. The van der Waals surface area contributed by atoms with Crippen molar-refractivity contribution in [2.45, 2.75) is 32.5 Å². The third kappa shape index (κ3) is 6.42. The Labute approximate surface area is 84.7 Å². The quantitative estimate of drug-likeness (QED) is 0.562. The molecule has 0 aliphatic rings. The first-order valence-corrected chi connectivity index (χ1v) is 7.63. The smallest absolute Gasteiger partial charge is 0.328 e. The van der Waals surface area contributed by atoms with Crippen molar-refractivity contribution in [3.05, 3.63) is 12.2 Å². The van der Waals surface area contributed by atoms with Crippen LogP contribution in [0.5, 0.6) is 0 Å². The third-order valence-electron chi connectivity index (χ3n) is 1.59. The Morgan fingerprint density at radius 3 is 2.36 bits per heavy atom. The second kappa shape index (κ2) is 5.59. The summed E-state index contributed by atoms with van der Waals surface area (Å²) in [6.45, 7) is 5.89. The highest BCUT2D eigenvalue weighted by Crippen LogP contribution is 2.13. The minimum absolute atomic E-state index is 0.558. The molecule has 0 bridgehead atoms. The van der Waals surface area contributed by atoms with Gasteiger partial charge in [0.25, 0.3) is 0 Å². The molecule has 5 heteroatoms. The van der Waals surface area contributed by atoms with Gasteiger partial charge in [0.15, 0.2) is 0 Å². The van der Waals surface area contributed by atoms with E-state index in [4.69, 9.17) is 9.53 Å². The van der Waals surface area contributed by atoms with Gasteiger partial charge in [0, 0.05) is 12.2 Å². The van der Waals surface area contributed by atoms with Crippen molar-refractivity contribution in [3.8, 4) is 0 Å². The molecule has 0 rings (SSSR count). The van der Waals surface area contributed by atoms with Crippen molar-refractivity contribution in [1.29, 1.82) is 0 Å². The molecule has 0 aromatic carbocycles. The molecule has 0 aromatic rings. The summed E-state index contributed by atoms with van der Waals surface area (Å²) in [6, 6.07) is 0.889. The van der Waals surface area contributed by atoms with Crippen LogP contribution in [0.15, 0.2) is 12.2 Å². The molecule has 0 atom stereocenters. The highest BCUT2D eigenvalue weighted by molar-refractivity contribution is 6.72. The Balaban J connectivity index is 4.11. The van der Waals surface area contributed by atoms with Gasteiger partial charge in [-0.05, 0) is 19.1 Å². The van der Waals surface area contributed by atoms with Crippen molar-refractivity contribution < 1.29 is 19.1 Å². The number of carboxylic acids is 1. The Morgan fingerprint density at radius 2 is 1.93 bits per heavy atom. The van der Waals surface area contributed by atoms with Gasteiger partial charge in [-0.2, -0.15) is 0 Å². The van der Waals surface area contributed by atoms with Gasteiger partial charge in [-0.25, -0.2) is 9.59 Å². The predicted octanol–water partition coefficient (Wildman–Crippen LogP) is 1.79. The Kier molecular flexibility index (Phi) is 5.15. The zero-order chi connectivity index (χ0) is 11.2. The van der Waals surface area contributed by atoms with E-state index in [1.54, 1.807) is 0 Å². The van der Waals surface area contributed by atoms with E-state index < -0.39 is 20.3 Å². The number of rotatable bonds is 5. The molecule has 80 valence electrons. The second-order valence-electron chi connectivity index (χ2n) is 3.60. The van der Waals surface area contributed by atoms with Gasteiger partial charge in [0.2, 0.25) is 8.32 Å². The fraction of sp³-hybridized carbons (Fsp3) is 0.556. The molecular weight excluding hydrogens is 200 g/mol. The van der Waals surface area contributed by atoms with E-state index >= 15 is 0 Å². The van der Waals surface area contributed by atoms with Crippen LogP contribution >= 0.6 is 0 Å². The van der Waals surface area contributed by atoms with Crippen molar-refractivity contribution in [2.75, 3.05) is 0 Å². The minimum Gasteiger partial charge on any atom is -0.517 e. The number of hydrogen-bond donors (Lipinski definition) is 1. The largest absolute Gasteiger partial charge is 0.517 e. The van der Waals surface area contributed by atoms with Crippen LogP contribution < -0.4 is 0 Å². The van der Waals surface area contributed by atoms with E-state index in [0.29, 0.717) is 0 Å². The SMILES string of the molecule is CCC[Si](C)(C)OC(=O)/C=C/C(=O)O. The minimum atomic E-state index is -1.93. The summed E-state index contributed by atoms with van der Waals surface area (Å²) in [7, 11) is -1.93. The second-order valence-corrected chi connectivity index (χ2v) is 7.83. The van der Waals surface area contributed by atoms with Crippen LogP contribution in [-0.4, -0.2) is 25.4 Å². The zero-order valence-electron chi connectivity index (χ0n) is 8.74. The van der Waals surface area contributed by atoms with Crippen LogP contribution in [0.3, 0.4) is 0 Å². The molecule has 0 radical (unpaired) electrons. The summed E-state index contributed by atoms with van der Waals surface area (Å²) in [6.07, 6.45) is 2.71. The average Bonchev–Trinajstić information content (AvgIpc) is 1.99. The molecule has 0 saturated carbocycles. The molecule has 4 nitrogen and oxygen atoms in total. The van der Waals surface area contributed by atoms with E-state index in [1.807, 2.05) is 20.0 Å². The van der Waals surface area contributed by atoms with Gasteiger partial charge in [-0.3, -0.25) is 0 Å². The van der Waals surface area contributed by atoms with Gasteiger partial charge in [0.1, 0.15) is 0 Å². The summed E-state index contributed by atoms with van der Waals surface area (Å²) < 4.78 is 5.18. The number of carbonyl (C=O) groups is 2. The van der Waals surface area contributed by atoms with E-state index in [2.05, 4.69) is 0 Å². The molecule has 0 aliphatic heterocycles. The number of hydrogen-bond acceptors (Lipinski definition) is 3. The first-order chi connectivity index (χ1) is 6.37. The van der Waals surface area contributed by atoms with Crippen LogP contribution in [-0.2, 0) is 14.0 Å². The topological polar surface area (TPSA) is 63.6 Å². The van der Waals surface area contributed by atoms with Gasteiger partial charge >= 0.3 is 11.9 Å². The Morgan fingerprint density at radius 1 is 1.36 bits per heavy atom. The van der Waals surface area contributed by atoms with Gasteiger partial charge in [-0.15, -0.1) is 0 Å². The van der Waals surface area contributed by atoms with Crippen LogP contribution in [0.25, 0.3) is 0 Å². The van der Waals surface area contributed by atoms with Gasteiger partial charge < -0.3 is 9.53 Å². The molecule has 0 unspecified atom stereocenters. The molecule has 0 amide bonds. The van der Waals surface area contributed by atoms with Crippen molar-refractivity contribution in [3.63, 3.8) is 0 Å². The summed E-state index contributed by atoms with van der Waals surface area (Å²) in [5, 5.41) is 8.28. The average molecular weight is 216 g/mol. The molecule has 0 aliphatic carbocycles. The predicted molar refractivity (Wildman–Crippen MR) is 55.4 cm³/mol. The van der Waals surface area contributed by atoms with E-state index in [0.717, 1.165) is 24.6 Å². The van der Waals surface area contributed by atoms with Crippen LogP contribution in [0.4, 0.5) is 0 Å². The van der Waals surface area contributed by atoms with Crippen molar-refractivity contribution >= 4 is 20.3 Å². The van der Waals surface area contributed by atoms with Crippen molar-refractivity contribution in [1.82, 2.24) is 0 Å². The van der Waals surface area contributed by atoms with E-state index in [-0.39, 0.29) is 0 Å². The third-order valence-corrected chi connectivity index (χ3v) is 4.05. The van der Waals surface area contributed by atoms with Crippen LogP contribution in [0.2, 0.25) is 19.1 Å². The molecule has 14 heavy (non-hydrogen) atoms. The summed E-state index contributed by atoms with van der Waals surface area (Å²) in [4.78, 5) is 21.2. The lowest BCUT2D eigenvalue weighted by Gasteiger charge is -2.20. The van der Waals surface area contributed by atoms with Gasteiger partial charge in [0.05, 0.1) is 0 Å². The normalized spacial score (nSPS) is 11.6. The molecule has 0 fully saturated rings.